The standard InChI is InChI=1S/C28H27NO6S/c1-36-15-14-25(27(32)34-16-18-10-12-19(13-11-18)26(30)31)29-28(33)35-17-24-22-8-4-2-6-20(22)21-7-3-5-9-23(21)24/h2-13,24-25H,14-17H2,1H3,(H,29,33)(H,30,31)/t25-/m0/s1. The summed E-state index contributed by atoms with van der Waals surface area (Å²) >= 11 is 1.56. The molecule has 0 unspecified atom stereocenters. The predicted octanol–water partition coefficient (Wildman–Crippen LogP) is 5.09. The lowest BCUT2D eigenvalue weighted by molar-refractivity contribution is -0.147. The van der Waals surface area contributed by atoms with Gasteiger partial charge in [0.1, 0.15) is 19.3 Å². The Morgan fingerprint density at radius 3 is 2.11 bits per heavy atom. The summed E-state index contributed by atoms with van der Waals surface area (Å²) in [5, 5.41) is 11.7. The van der Waals surface area contributed by atoms with Gasteiger partial charge < -0.3 is 19.9 Å². The Morgan fingerprint density at radius 2 is 1.53 bits per heavy atom. The minimum Gasteiger partial charge on any atom is -0.478 e. The quantitative estimate of drug-likeness (QED) is 0.370. The molecule has 0 aromatic heterocycles. The first kappa shape index (κ1) is 25.3. The van der Waals surface area contributed by atoms with E-state index in [9.17, 15) is 14.4 Å². The largest absolute Gasteiger partial charge is 0.478 e. The number of hydrogen-bond acceptors (Lipinski definition) is 6. The lowest BCUT2D eigenvalue weighted by Gasteiger charge is -2.19. The molecule has 7 nitrogen and oxygen atoms in total. The third-order valence-corrected chi connectivity index (χ3v) is 6.76. The number of thioether (sulfide) groups is 1. The molecule has 0 bridgehead atoms. The number of amides is 1. The summed E-state index contributed by atoms with van der Waals surface area (Å²) in [6.07, 6.45) is 1.63. The summed E-state index contributed by atoms with van der Waals surface area (Å²) in [4.78, 5) is 36.4. The van der Waals surface area contributed by atoms with Crippen LogP contribution in [0.2, 0.25) is 0 Å². The summed E-state index contributed by atoms with van der Waals surface area (Å²) in [6, 6.07) is 21.4. The van der Waals surface area contributed by atoms with E-state index >= 15 is 0 Å². The molecule has 0 saturated heterocycles. The van der Waals surface area contributed by atoms with E-state index in [4.69, 9.17) is 14.6 Å². The van der Waals surface area contributed by atoms with Gasteiger partial charge in [-0.3, -0.25) is 0 Å². The topological polar surface area (TPSA) is 102 Å². The van der Waals surface area contributed by atoms with Crippen LogP contribution in [0.25, 0.3) is 11.1 Å². The van der Waals surface area contributed by atoms with Crippen LogP contribution in [-0.4, -0.2) is 47.8 Å². The molecule has 0 aliphatic heterocycles. The Hall–Kier alpha value is -3.78. The van der Waals surface area contributed by atoms with Crippen LogP contribution in [0.4, 0.5) is 4.79 Å². The second kappa shape index (κ2) is 11.8. The van der Waals surface area contributed by atoms with Crippen molar-refractivity contribution in [3.05, 3.63) is 95.1 Å². The van der Waals surface area contributed by atoms with Crippen LogP contribution in [0.1, 0.15) is 39.4 Å². The number of benzene rings is 3. The summed E-state index contributed by atoms with van der Waals surface area (Å²) < 4.78 is 11.0. The molecule has 4 rings (SSSR count). The molecule has 186 valence electrons. The van der Waals surface area contributed by atoms with E-state index in [1.54, 1.807) is 23.9 Å². The highest BCUT2D eigenvalue weighted by Gasteiger charge is 2.30. The Bertz CT molecular complexity index is 1200. The number of alkyl carbamates (subject to hydrolysis) is 1. The van der Waals surface area contributed by atoms with Crippen LogP contribution in [0, 0.1) is 0 Å². The molecule has 1 amide bonds. The number of carbonyl (C=O) groups excluding carboxylic acids is 2. The number of hydrogen-bond donors (Lipinski definition) is 2. The summed E-state index contributed by atoms with van der Waals surface area (Å²) in [5.74, 6) is -1.02. The normalized spacial score (nSPS) is 12.8. The van der Waals surface area contributed by atoms with Gasteiger partial charge in [0, 0.05) is 5.92 Å². The van der Waals surface area contributed by atoms with Crippen LogP contribution in [-0.2, 0) is 20.9 Å². The summed E-state index contributed by atoms with van der Waals surface area (Å²) in [5.41, 5.74) is 5.30. The molecule has 2 N–H and O–H groups in total. The van der Waals surface area contributed by atoms with E-state index in [-0.39, 0.29) is 24.7 Å². The van der Waals surface area contributed by atoms with E-state index < -0.39 is 24.1 Å². The lowest BCUT2D eigenvalue weighted by atomic mass is 9.98. The van der Waals surface area contributed by atoms with Crippen molar-refractivity contribution >= 4 is 29.8 Å². The molecule has 3 aromatic rings. The highest BCUT2D eigenvalue weighted by molar-refractivity contribution is 7.98. The number of aromatic carboxylic acids is 1. The smallest absolute Gasteiger partial charge is 0.407 e. The minimum atomic E-state index is -1.03. The second-order valence-corrected chi connectivity index (χ2v) is 9.40. The number of fused-ring (bicyclic) bond motifs is 3. The van der Waals surface area contributed by atoms with Crippen molar-refractivity contribution in [2.24, 2.45) is 0 Å². The number of carboxylic acid groups (broad SMARTS) is 1. The molecule has 3 aromatic carbocycles. The fourth-order valence-corrected chi connectivity index (χ4v) is 4.74. The zero-order valence-electron chi connectivity index (χ0n) is 19.8. The van der Waals surface area contributed by atoms with Crippen LogP contribution in [0.5, 0.6) is 0 Å². The van der Waals surface area contributed by atoms with Crippen molar-refractivity contribution < 1.29 is 29.0 Å². The SMILES string of the molecule is CSCC[C@H](NC(=O)OCC1c2ccccc2-c2ccccc21)C(=O)OCc1ccc(C(=O)O)cc1. The summed E-state index contributed by atoms with van der Waals surface area (Å²) in [6.45, 7) is 0.126. The molecule has 1 aliphatic carbocycles. The van der Waals surface area contributed by atoms with E-state index in [0.29, 0.717) is 17.7 Å². The predicted molar refractivity (Wildman–Crippen MR) is 138 cm³/mol. The van der Waals surface area contributed by atoms with Gasteiger partial charge >= 0.3 is 18.0 Å². The second-order valence-electron chi connectivity index (χ2n) is 8.41. The van der Waals surface area contributed by atoms with Crippen molar-refractivity contribution in [3.63, 3.8) is 0 Å². The van der Waals surface area contributed by atoms with Crippen LogP contribution >= 0.6 is 11.8 Å². The molecular formula is C28H27NO6S. The van der Waals surface area contributed by atoms with Crippen molar-refractivity contribution in [2.45, 2.75) is 25.0 Å². The Kier molecular flexibility index (Phi) is 8.28. The molecule has 0 heterocycles. The van der Waals surface area contributed by atoms with Crippen LogP contribution in [0.3, 0.4) is 0 Å². The van der Waals surface area contributed by atoms with Gasteiger partial charge in [0.2, 0.25) is 0 Å². The first-order chi connectivity index (χ1) is 17.5. The fourth-order valence-electron chi connectivity index (χ4n) is 4.27. The number of ether oxygens (including phenoxy) is 2. The number of nitrogens with one attached hydrogen (secondary N) is 1. The maximum absolute atomic E-state index is 12.7. The Labute approximate surface area is 213 Å². The van der Waals surface area contributed by atoms with Crippen LogP contribution in [0.15, 0.2) is 72.8 Å². The monoisotopic (exact) mass is 505 g/mol. The molecule has 0 fully saturated rings. The third-order valence-electron chi connectivity index (χ3n) is 6.11. The van der Waals surface area contributed by atoms with Crippen molar-refractivity contribution in [1.82, 2.24) is 5.32 Å². The average molecular weight is 506 g/mol. The molecule has 0 spiro atoms. The number of carbonyl (C=O) groups is 3. The van der Waals surface area contributed by atoms with Crippen molar-refractivity contribution in [3.8, 4) is 11.1 Å². The highest BCUT2D eigenvalue weighted by atomic mass is 32.2. The minimum absolute atomic E-state index is 0.0269. The molecule has 1 aliphatic rings. The van der Waals surface area contributed by atoms with Gasteiger partial charge in [0.15, 0.2) is 0 Å². The molecule has 36 heavy (non-hydrogen) atoms. The number of rotatable bonds is 10. The van der Waals surface area contributed by atoms with Gasteiger partial charge in [-0.05, 0) is 58.4 Å². The van der Waals surface area contributed by atoms with Gasteiger partial charge in [0.25, 0.3) is 0 Å². The van der Waals surface area contributed by atoms with Crippen molar-refractivity contribution in [2.75, 3.05) is 18.6 Å². The van der Waals surface area contributed by atoms with E-state index in [0.717, 1.165) is 22.3 Å². The first-order valence-electron chi connectivity index (χ1n) is 11.6. The van der Waals surface area contributed by atoms with E-state index in [2.05, 4.69) is 17.4 Å². The average Bonchev–Trinajstić information content (AvgIpc) is 3.22. The highest BCUT2D eigenvalue weighted by Crippen LogP contribution is 2.44. The fraction of sp³-hybridized carbons (Fsp3) is 0.250. The van der Waals surface area contributed by atoms with Crippen molar-refractivity contribution in [1.29, 1.82) is 0 Å². The van der Waals surface area contributed by atoms with Crippen LogP contribution < -0.4 is 5.32 Å². The maximum Gasteiger partial charge on any atom is 0.407 e. The van der Waals surface area contributed by atoms with Gasteiger partial charge in [0.05, 0.1) is 5.56 Å². The van der Waals surface area contributed by atoms with Gasteiger partial charge in [-0.25, -0.2) is 14.4 Å². The molecule has 0 saturated carbocycles. The Morgan fingerprint density at radius 1 is 0.917 bits per heavy atom. The third kappa shape index (κ3) is 5.88. The van der Waals surface area contributed by atoms with Gasteiger partial charge in [-0.1, -0.05) is 60.7 Å². The zero-order valence-corrected chi connectivity index (χ0v) is 20.6. The van der Waals surface area contributed by atoms with E-state index in [1.807, 2.05) is 42.7 Å². The Balaban J connectivity index is 1.35. The molecule has 8 heteroatoms. The molecule has 1 atom stereocenters. The zero-order chi connectivity index (χ0) is 25.5. The van der Waals surface area contributed by atoms with E-state index in [1.165, 1.54) is 12.1 Å². The van der Waals surface area contributed by atoms with Gasteiger partial charge in [-0.15, -0.1) is 0 Å². The number of carboxylic acids is 1. The first-order valence-corrected chi connectivity index (χ1v) is 13.0. The molecular weight excluding hydrogens is 478 g/mol. The summed E-state index contributed by atoms with van der Waals surface area (Å²) in [7, 11) is 0. The number of esters is 1. The lowest BCUT2D eigenvalue weighted by Crippen LogP contribution is -2.42. The molecule has 0 radical (unpaired) electrons. The van der Waals surface area contributed by atoms with Gasteiger partial charge in [-0.2, -0.15) is 11.8 Å². The maximum atomic E-state index is 12.7.